The van der Waals surface area contributed by atoms with Gasteiger partial charge in [0.2, 0.25) is 5.91 Å². The standard InChI is InChI=1S/C12H21NO3S/c1-2-17-10-6-3-5-9(10)13-11(14)7-4-8-12(15)16/h9-10H,2-8H2,1H3,(H,13,14)(H,15,16). The van der Waals surface area contributed by atoms with Gasteiger partial charge in [-0.1, -0.05) is 13.3 Å². The van der Waals surface area contributed by atoms with E-state index in [2.05, 4.69) is 12.2 Å². The highest BCUT2D eigenvalue weighted by Gasteiger charge is 2.28. The maximum Gasteiger partial charge on any atom is 0.303 e. The molecule has 98 valence electrons. The summed E-state index contributed by atoms with van der Waals surface area (Å²) in [6.07, 6.45) is 4.25. The molecule has 1 rings (SSSR count). The van der Waals surface area contributed by atoms with Crippen molar-refractivity contribution in [1.29, 1.82) is 0 Å². The molecule has 2 unspecified atom stereocenters. The number of rotatable bonds is 7. The number of carbonyl (C=O) groups is 2. The highest BCUT2D eigenvalue weighted by atomic mass is 32.2. The van der Waals surface area contributed by atoms with E-state index in [4.69, 9.17) is 5.11 Å². The fourth-order valence-corrected chi connectivity index (χ4v) is 3.38. The zero-order valence-corrected chi connectivity index (χ0v) is 11.1. The van der Waals surface area contributed by atoms with E-state index in [1.807, 2.05) is 11.8 Å². The van der Waals surface area contributed by atoms with Crippen LogP contribution < -0.4 is 5.32 Å². The largest absolute Gasteiger partial charge is 0.481 e. The lowest BCUT2D eigenvalue weighted by atomic mass is 10.2. The van der Waals surface area contributed by atoms with Crippen LogP contribution in [0.5, 0.6) is 0 Å². The summed E-state index contributed by atoms with van der Waals surface area (Å²) in [5, 5.41) is 12.1. The van der Waals surface area contributed by atoms with Crippen molar-refractivity contribution in [3.05, 3.63) is 0 Å². The molecular weight excluding hydrogens is 238 g/mol. The SMILES string of the molecule is CCSC1CCCC1NC(=O)CCCC(=O)O. The van der Waals surface area contributed by atoms with Crippen molar-refractivity contribution in [2.24, 2.45) is 0 Å². The van der Waals surface area contributed by atoms with E-state index in [1.165, 1.54) is 12.8 Å². The van der Waals surface area contributed by atoms with Crippen LogP contribution in [0.1, 0.15) is 45.4 Å². The summed E-state index contributed by atoms with van der Waals surface area (Å²) in [7, 11) is 0. The van der Waals surface area contributed by atoms with Crippen molar-refractivity contribution in [2.75, 3.05) is 5.75 Å². The Labute approximate surface area is 107 Å². The first-order valence-electron chi connectivity index (χ1n) is 6.26. The third-order valence-electron chi connectivity index (χ3n) is 2.97. The smallest absolute Gasteiger partial charge is 0.303 e. The molecule has 0 saturated heterocycles. The van der Waals surface area contributed by atoms with Crippen LogP contribution in [0.2, 0.25) is 0 Å². The van der Waals surface area contributed by atoms with E-state index in [0.29, 0.717) is 18.1 Å². The first-order chi connectivity index (χ1) is 8.13. The van der Waals surface area contributed by atoms with Gasteiger partial charge in [0.25, 0.3) is 0 Å². The number of carboxylic acid groups (broad SMARTS) is 1. The summed E-state index contributed by atoms with van der Waals surface area (Å²) in [6.45, 7) is 2.13. The quantitative estimate of drug-likeness (QED) is 0.734. The van der Waals surface area contributed by atoms with Gasteiger partial charge in [-0.15, -0.1) is 0 Å². The average molecular weight is 259 g/mol. The molecule has 0 aliphatic heterocycles. The lowest BCUT2D eigenvalue weighted by molar-refractivity contribution is -0.137. The molecule has 5 heteroatoms. The Morgan fingerprint density at radius 3 is 2.76 bits per heavy atom. The lowest BCUT2D eigenvalue weighted by Crippen LogP contribution is -2.38. The third kappa shape index (κ3) is 5.44. The van der Waals surface area contributed by atoms with Gasteiger partial charge in [0.1, 0.15) is 0 Å². The van der Waals surface area contributed by atoms with E-state index >= 15 is 0 Å². The van der Waals surface area contributed by atoms with E-state index in [1.54, 1.807) is 0 Å². The number of carboxylic acids is 1. The van der Waals surface area contributed by atoms with E-state index in [0.717, 1.165) is 12.2 Å². The van der Waals surface area contributed by atoms with Gasteiger partial charge in [0.05, 0.1) is 0 Å². The van der Waals surface area contributed by atoms with E-state index in [-0.39, 0.29) is 18.4 Å². The summed E-state index contributed by atoms with van der Waals surface area (Å²) in [5.74, 6) is 0.244. The molecule has 1 saturated carbocycles. The maximum atomic E-state index is 11.6. The van der Waals surface area contributed by atoms with Crippen molar-refractivity contribution in [2.45, 2.75) is 56.7 Å². The van der Waals surface area contributed by atoms with Crippen LogP contribution in [0, 0.1) is 0 Å². The normalized spacial score (nSPS) is 23.6. The molecule has 1 amide bonds. The average Bonchev–Trinajstić information content (AvgIpc) is 2.66. The highest BCUT2D eigenvalue weighted by molar-refractivity contribution is 7.99. The summed E-state index contributed by atoms with van der Waals surface area (Å²) in [6, 6.07) is 0.289. The molecule has 1 aliphatic carbocycles. The van der Waals surface area contributed by atoms with E-state index in [9.17, 15) is 9.59 Å². The molecule has 2 N–H and O–H groups in total. The van der Waals surface area contributed by atoms with Crippen LogP contribution in [-0.4, -0.2) is 34.0 Å². The van der Waals surface area contributed by atoms with Crippen molar-refractivity contribution >= 4 is 23.6 Å². The van der Waals surface area contributed by atoms with Crippen LogP contribution >= 0.6 is 11.8 Å². The Hall–Kier alpha value is -0.710. The Morgan fingerprint density at radius 2 is 2.12 bits per heavy atom. The highest BCUT2D eigenvalue weighted by Crippen LogP contribution is 2.29. The number of nitrogens with one attached hydrogen (secondary N) is 1. The lowest BCUT2D eigenvalue weighted by Gasteiger charge is -2.20. The number of aliphatic carboxylic acids is 1. The maximum absolute atomic E-state index is 11.6. The number of carbonyl (C=O) groups excluding carboxylic acids is 1. The van der Waals surface area contributed by atoms with Crippen LogP contribution in [-0.2, 0) is 9.59 Å². The molecule has 0 heterocycles. The summed E-state index contributed by atoms with van der Waals surface area (Å²) >= 11 is 1.91. The van der Waals surface area contributed by atoms with Crippen LogP contribution in [0.25, 0.3) is 0 Å². The predicted molar refractivity (Wildman–Crippen MR) is 69.2 cm³/mol. The second-order valence-electron chi connectivity index (χ2n) is 4.35. The number of hydrogen-bond acceptors (Lipinski definition) is 3. The molecule has 0 spiro atoms. The van der Waals surface area contributed by atoms with Gasteiger partial charge in [0, 0.05) is 24.1 Å². The van der Waals surface area contributed by atoms with Gasteiger partial charge in [-0.05, 0) is 25.0 Å². The molecule has 1 fully saturated rings. The Morgan fingerprint density at radius 1 is 1.35 bits per heavy atom. The van der Waals surface area contributed by atoms with E-state index < -0.39 is 5.97 Å². The first-order valence-corrected chi connectivity index (χ1v) is 7.31. The second-order valence-corrected chi connectivity index (χ2v) is 5.86. The topological polar surface area (TPSA) is 66.4 Å². The van der Waals surface area contributed by atoms with Crippen LogP contribution in [0.15, 0.2) is 0 Å². The molecule has 17 heavy (non-hydrogen) atoms. The zero-order chi connectivity index (χ0) is 12.7. The van der Waals surface area contributed by atoms with Gasteiger partial charge in [0.15, 0.2) is 0 Å². The van der Waals surface area contributed by atoms with Crippen molar-refractivity contribution < 1.29 is 14.7 Å². The van der Waals surface area contributed by atoms with Crippen molar-refractivity contribution in [3.63, 3.8) is 0 Å². The van der Waals surface area contributed by atoms with Gasteiger partial charge in [-0.3, -0.25) is 9.59 Å². The summed E-state index contributed by atoms with van der Waals surface area (Å²) < 4.78 is 0. The summed E-state index contributed by atoms with van der Waals surface area (Å²) in [5.41, 5.74) is 0. The van der Waals surface area contributed by atoms with Crippen LogP contribution in [0.3, 0.4) is 0 Å². The minimum absolute atomic E-state index is 0.000136. The molecule has 1 aliphatic rings. The molecule has 0 radical (unpaired) electrons. The molecular formula is C12H21NO3S. The third-order valence-corrected chi connectivity index (χ3v) is 4.30. The second kappa shape index (κ2) is 7.58. The first kappa shape index (κ1) is 14.4. The van der Waals surface area contributed by atoms with Crippen molar-refractivity contribution in [1.82, 2.24) is 5.32 Å². The molecule has 0 bridgehead atoms. The van der Waals surface area contributed by atoms with Gasteiger partial charge in [-0.2, -0.15) is 11.8 Å². The number of hydrogen-bond donors (Lipinski definition) is 2. The minimum Gasteiger partial charge on any atom is -0.481 e. The Bertz CT molecular complexity index is 270. The molecule has 0 aromatic heterocycles. The van der Waals surface area contributed by atoms with Gasteiger partial charge in [-0.25, -0.2) is 0 Å². The number of amides is 1. The minimum atomic E-state index is -0.835. The fraction of sp³-hybridized carbons (Fsp3) is 0.833. The number of thioether (sulfide) groups is 1. The fourth-order valence-electron chi connectivity index (χ4n) is 2.18. The summed E-state index contributed by atoms with van der Waals surface area (Å²) in [4.78, 5) is 21.9. The van der Waals surface area contributed by atoms with Gasteiger partial charge < -0.3 is 10.4 Å². The van der Waals surface area contributed by atoms with Gasteiger partial charge >= 0.3 is 5.97 Å². The molecule has 4 nitrogen and oxygen atoms in total. The van der Waals surface area contributed by atoms with Crippen LogP contribution in [0.4, 0.5) is 0 Å². The molecule has 0 aromatic carbocycles. The zero-order valence-electron chi connectivity index (χ0n) is 10.3. The Kier molecular flexibility index (Phi) is 6.40. The monoisotopic (exact) mass is 259 g/mol. The van der Waals surface area contributed by atoms with Crippen molar-refractivity contribution in [3.8, 4) is 0 Å². The predicted octanol–water partition coefficient (Wildman–Crippen LogP) is 2.03. The Balaban J connectivity index is 2.22. The molecule has 0 aromatic rings. The molecule has 2 atom stereocenters.